The van der Waals surface area contributed by atoms with Crippen molar-refractivity contribution in [2.24, 2.45) is 11.1 Å². The van der Waals surface area contributed by atoms with Crippen molar-refractivity contribution in [2.45, 2.75) is 6.10 Å². The van der Waals surface area contributed by atoms with Crippen LogP contribution >= 0.6 is 0 Å². The summed E-state index contributed by atoms with van der Waals surface area (Å²) in [6.45, 7) is 0. The van der Waals surface area contributed by atoms with E-state index < -0.39 is 16.8 Å². The summed E-state index contributed by atoms with van der Waals surface area (Å²) in [4.78, 5) is 17.2. The molecule has 2 aliphatic rings. The highest BCUT2D eigenvalue weighted by atomic mass is 32.2. The van der Waals surface area contributed by atoms with Crippen LogP contribution in [0.1, 0.15) is 15.9 Å². The smallest absolute Gasteiger partial charge is 0.341 e. The van der Waals surface area contributed by atoms with Crippen LogP contribution in [0.3, 0.4) is 0 Å². The molecule has 1 fully saturated rings. The van der Waals surface area contributed by atoms with Crippen LogP contribution in [0.2, 0.25) is 0 Å². The van der Waals surface area contributed by atoms with E-state index in [-0.39, 0.29) is 12.0 Å². The average Bonchev–Trinajstić information content (AvgIpc) is 3.04. The summed E-state index contributed by atoms with van der Waals surface area (Å²) in [6, 6.07) is 5.19. The second-order valence-electron chi connectivity index (χ2n) is 4.91. The number of nitrogens with zero attached hydrogens (tertiary/aromatic N) is 1. The van der Waals surface area contributed by atoms with Crippen LogP contribution in [0.15, 0.2) is 23.4 Å². The quantitative estimate of drug-likeness (QED) is 0.778. The Kier molecular flexibility index (Phi) is 3.67. The largest absolute Gasteiger partial charge is 0.496 e. The number of ether oxygens (including phenoxy) is 2. The number of hydrogen-bond acceptors (Lipinski definition) is 6. The van der Waals surface area contributed by atoms with Crippen molar-refractivity contribution in [1.82, 2.24) is 0 Å². The molecule has 6 nitrogen and oxygen atoms in total. The normalized spacial score (nSPS) is 26.8. The Hall–Kier alpha value is -1.89. The van der Waals surface area contributed by atoms with E-state index in [2.05, 4.69) is 5.16 Å². The van der Waals surface area contributed by atoms with Crippen LogP contribution in [0.25, 0.3) is 0 Å². The zero-order valence-electron chi connectivity index (χ0n) is 11.7. The van der Waals surface area contributed by atoms with Gasteiger partial charge < -0.3 is 14.3 Å². The molecule has 1 aromatic rings. The standard InChI is InChI=1S/C14H15NO5S/c1-18-11-4-3-8(5-9(11)14(16)19-2)13-10-6-21(17)7-12(10)20-15-13/h3-5,10,12H,6-7H2,1-2H3. The zero-order chi connectivity index (χ0) is 15.0. The van der Waals surface area contributed by atoms with Gasteiger partial charge in [-0.3, -0.25) is 4.21 Å². The van der Waals surface area contributed by atoms with Crippen LogP contribution in [0.4, 0.5) is 0 Å². The zero-order valence-corrected chi connectivity index (χ0v) is 12.5. The fourth-order valence-corrected chi connectivity index (χ4v) is 4.20. The van der Waals surface area contributed by atoms with Gasteiger partial charge in [-0.25, -0.2) is 4.79 Å². The number of methoxy groups -OCH3 is 2. The summed E-state index contributed by atoms with van der Waals surface area (Å²) in [5.74, 6) is 1.04. The highest BCUT2D eigenvalue weighted by molar-refractivity contribution is 7.85. The first-order valence-electron chi connectivity index (χ1n) is 6.49. The average molecular weight is 309 g/mol. The number of hydrogen-bond donors (Lipinski definition) is 0. The van der Waals surface area contributed by atoms with Crippen LogP contribution in [0, 0.1) is 5.92 Å². The molecule has 0 saturated carbocycles. The SMILES string of the molecule is COC(=O)c1cc(C2=NOC3CS(=O)CC23)ccc1OC. The lowest BCUT2D eigenvalue weighted by molar-refractivity contribution is 0.0597. The first kappa shape index (κ1) is 14.1. The summed E-state index contributed by atoms with van der Waals surface area (Å²) in [5.41, 5.74) is 1.84. The topological polar surface area (TPSA) is 74.2 Å². The Labute approximate surface area is 124 Å². The molecule has 0 bridgehead atoms. The third kappa shape index (κ3) is 2.42. The highest BCUT2D eigenvalue weighted by Crippen LogP contribution is 2.31. The molecular formula is C14H15NO5S. The molecule has 3 rings (SSSR count). The minimum atomic E-state index is -0.870. The molecule has 112 valence electrons. The first-order chi connectivity index (χ1) is 10.1. The van der Waals surface area contributed by atoms with Crippen LogP contribution in [-0.4, -0.2) is 47.7 Å². The van der Waals surface area contributed by atoms with Gasteiger partial charge in [0.2, 0.25) is 0 Å². The van der Waals surface area contributed by atoms with Crippen LogP contribution < -0.4 is 4.74 Å². The molecule has 0 spiro atoms. The van der Waals surface area contributed by atoms with Crippen LogP contribution in [0.5, 0.6) is 5.75 Å². The van der Waals surface area contributed by atoms with Crippen molar-refractivity contribution in [3.63, 3.8) is 0 Å². The summed E-state index contributed by atoms with van der Waals surface area (Å²) >= 11 is 0. The lowest BCUT2D eigenvalue weighted by Gasteiger charge is -2.11. The number of oxime groups is 1. The molecule has 1 saturated heterocycles. The lowest BCUT2D eigenvalue weighted by Crippen LogP contribution is -2.22. The molecular weight excluding hydrogens is 294 g/mol. The highest BCUT2D eigenvalue weighted by Gasteiger charge is 2.42. The monoisotopic (exact) mass is 309 g/mol. The Balaban J connectivity index is 1.96. The minimum absolute atomic E-state index is 0.0183. The summed E-state index contributed by atoms with van der Waals surface area (Å²) in [6.07, 6.45) is -0.121. The van der Waals surface area contributed by atoms with Crippen molar-refractivity contribution in [1.29, 1.82) is 0 Å². The molecule has 0 aliphatic carbocycles. The van der Waals surface area contributed by atoms with E-state index in [1.54, 1.807) is 12.1 Å². The molecule has 21 heavy (non-hydrogen) atoms. The van der Waals surface area contributed by atoms with Gasteiger partial charge in [0.05, 0.1) is 31.6 Å². The van der Waals surface area contributed by atoms with Gasteiger partial charge in [-0.2, -0.15) is 0 Å². The van der Waals surface area contributed by atoms with E-state index in [1.807, 2.05) is 6.07 Å². The molecule has 1 aromatic carbocycles. The van der Waals surface area contributed by atoms with E-state index in [4.69, 9.17) is 14.3 Å². The summed E-state index contributed by atoms with van der Waals surface area (Å²) in [7, 11) is 1.94. The number of fused-ring (bicyclic) bond motifs is 1. The number of rotatable bonds is 3. The minimum Gasteiger partial charge on any atom is -0.496 e. The van der Waals surface area contributed by atoms with Gasteiger partial charge in [-0.1, -0.05) is 5.16 Å². The predicted molar refractivity (Wildman–Crippen MR) is 77.1 cm³/mol. The van der Waals surface area contributed by atoms with E-state index >= 15 is 0 Å². The molecule has 0 amide bonds. The number of carbonyl (C=O) groups is 1. The van der Waals surface area contributed by atoms with Gasteiger partial charge >= 0.3 is 5.97 Å². The second-order valence-corrected chi connectivity index (χ2v) is 6.45. The Morgan fingerprint density at radius 2 is 2.19 bits per heavy atom. The van der Waals surface area contributed by atoms with Gasteiger partial charge in [0.25, 0.3) is 0 Å². The molecule has 3 atom stereocenters. The molecule has 2 aliphatic heterocycles. The van der Waals surface area contributed by atoms with Crippen molar-refractivity contribution in [3.8, 4) is 5.75 Å². The maximum absolute atomic E-state index is 11.8. The van der Waals surface area contributed by atoms with Crippen molar-refractivity contribution in [2.75, 3.05) is 25.7 Å². The van der Waals surface area contributed by atoms with Gasteiger partial charge in [0.15, 0.2) is 0 Å². The molecule has 0 aromatic heterocycles. The molecule has 3 unspecified atom stereocenters. The predicted octanol–water partition coefficient (Wildman–Crippen LogP) is 0.963. The van der Waals surface area contributed by atoms with Gasteiger partial charge in [-0.15, -0.1) is 0 Å². The summed E-state index contributed by atoms with van der Waals surface area (Å²) < 4.78 is 21.6. The van der Waals surface area contributed by atoms with E-state index in [0.29, 0.717) is 22.8 Å². The number of benzene rings is 1. The maximum atomic E-state index is 11.8. The fourth-order valence-electron chi connectivity index (χ4n) is 2.63. The van der Waals surface area contributed by atoms with E-state index in [0.717, 1.165) is 11.3 Å². The molecule has 2 heterocycles. The lowest BCUT2D eigenvalue weighted by atomic mass is 9.94. The Morgan fingerprint density at radius 3 is 2.90 bits per heavy atom. The first-order valence-corrected chi connectivity index (χ1v) is 7.98. The Morgan fingerprint density at radius 1 is 1.38 bits per heavy atom. The van der Waals surface area contributed by atoms with Gasteiger partial charge in [-0.05, 0) is 18.2 Å². The van der Waals surface area contributed by atoms with E-state index in [9.17, 15) is 9.00 Å². The summed E-state index contributed by atoms with van der Waals surface area (Å²) in [5, 5.41) is 4.10. The fraction of sp³-hybridized carbons (Fsp3) is 0.429. The van der Waals surface area contributed by atoms with Gasteiger partial charge in [0.1, 0.15) is 17.4 Å². The van der Waals surface area contributed by atoms with Crippen molar-refractivity contribution in [3.05, 3.63) is 29.3 Å². The van der Waals surface area contributed by atoms with Crippen molar-refractivity contribution >= 4 is 22.5 Å². The third-order valence-corrected chi connectivity index (χ3v) is 5.13. The molecule has 0 N–H and O–H groups in total. The number of esters is 1. The van der Waals surface area contributed by atoms with Crippen LogP contribution in [-0.2, 0) is 20.4 Å². The Bertz CT molecular complexity index is 642. The van der Waals surface area contributed by atoms with Gasteiger partial charge in [0, 0.05) is 22.1 Å². The second kappa shape index (κ2) is 5.48. The third-order valence-electron chi connectivity index (χ3n) is 3.70. The van der Waals surface area contributed by atoms with E-state index in [1.165, 1.54) is 14.2 Å². The molecule has 0 radical (unpaired) electrons. The number of carbonyl (C=O) groups excluding carboxylic acids is 1. The van der Waals surface area contributed by atoms with Crippen molar-refractivity contribution < 1.29 is 23.3 Å². The maximum Gasteiger partial charge on any atom is 0.341 e. The molecule has 7 heteroatoms.